The first-order valence-corrected chi connectivity index (χ1v) is 10.3. The number of benzene rings is 5. The summed E-state index contributed by atoms with van der Waals surface area (Å²) >= 11 is 0. The molecule has 0 fully saturated rings. The Morgan fingerprint density at radius 3 is 2.00 bits per heavy atom. The van der Waals surface area contributed by atoms with Gasteiger partial charge >= 0.3 is 0 Å². The first-order chi connectivity index (χ1) is 15.3. The summed E-state index contributed by atoms with van der Waals surface area (Å²) in [5, 5.41) is 6.72. The van der Waals surface area contributed by atoms with Crippen molar-refractivity contribution in [3.05, 3.63) is 91.0 Å². The first kappa shape index (κ1) is 16.5. The van der Waals surface area contributed by atoms with E-state index in [9.17, 15) is 0 Å². The lowest BCUT2D eigenvalue weighted by Gasteiger charge is -2.10. The fourth-order valence-electron chi connectivity index (χ4n) is 4.87. The average Bonchev–Trinajstić information content (AvgIpc) is 3.37. The zero-order valence-corrected chi connectivity index (χ0v) is 16.6. The second-order valence-electron chi connectivity index (χ2n) is 7.95. The van der Waals surface area contributed by atoms with Gasteiger partial charge in [0.2, 0.25) is 0 Å². The Balaban J connectivity index is 1.80. The van der Waals surface area contributed by atoms with E-state index >= 15 is 0 Å². The molecule has 0 unspecified atom stereocenters. The van der Waals surface area contributed by atoms with Crippen LogP contribution in [0.4, 0.5) is 5.69 Å². The van der Waals surface area contributed by atoms with Crippen molar-refractivity contribution in [1.29, 1.82) is 0 Å². The summed E-state index contributed by atoms with van der Waals surface area (Å²) in [5.74, 6) is 0. The second kappa shape index (κ2) is 5.89. The number of furan rings is 2. The van der Waals surface area contributed by atoms with E-state index in [1.54, 1.807) is 0 Å². The normalized spacial score (nSPS) is 12.0. The lowest BCUT2D eigenvalue weighted by atomic mass is 9.93. The van der Waals surface area contributed by atoms with Crippen molar-refractivity contribution in [1.82, 2.24) is 0 Å². The number of para-hydroxylation sites is 3. The summed E-state index contributed by atoms with van der Waals surface area (Å²) in [6.45, 7) is 0. The highest BCUT2D eigenvalue weighted by Crippen LogP contribution is 2.46. The van der Waals surface area contributed by atoms with Crippen molar-refractivity contribution in [3.8, 4) is 11.1 Å². The third-order valence-electron chi connectivity index (χ3n) is 6.22. The molecule has 0 saturated carbocycles. The van der Waals surface area contributed by atoms with Crippen LogP contribution in [0.5, 0.6) is 0 Å². The second-order valence-corrected chi connectivity index (χ2v) is 7.95. The first-order valence-electron chi connectivity index (χ1n) is 10.3. The Bertz CT molecular complexity index is 1800. The minimum atomic E-state index is 0.735. The number of rotatable bonds is 1. The lowest BCUT2D eigenvalue weighted by Crippen LogP contribution is -1.90. The molecule has 7 aromatic rings. The van der Waals surface area contributed by atoms with Gasteiger partial charge < -0.3 is 14.6 Å². The molecule has 3 nitrogen and oxygen atoms in total. The molecule has 7 rings (SSSR count). The van der Waals surface area contributed by atoms with Crippen LogP contribution in [0.25, 0.3) is 65.8 Å². The molecule has 0 bridgehead atoms. The van der Waals surface area contributed by atoms with E-state index < -0.39 is 0 Å². The van der Waals surface area contributed by atoms with Crippen LogP contribution in [-0.4, -0.2) is 0 Å². The summed E-state index contributed by atoms with van der Waals surface area (Å²) in [6.07, 6.45) is 0. The fourth-order valence-corrected chi connectivity index (χ4v) is 4.87. The Morgan fingerprint density at radius 2 is 1.19 bits per heavy atom. The number of hydrogen-bond acceptors (Lipinski definition) is 3. The molecule has 3 heteroatoms. The molecular formula is C28H17NO2. The molecule has 31 heavy (non-hydrogen) atoms. The van der Waals surface area contributed by atoms with Crippen LogP contribution in [0.1, 0.15) is 0 Å². The summed E-state index contributed by atoms with van der Waals surface area (Å²) in [4.78, 5) is 0. The third kappa shape index (κ3) is 2.18. The minimum absolute atomic E-state index is 0.735. The van der Waals surface area contributed by atoms with Crippen LogP contribution in [0.2, 0.25) is 0 Å². The zero-order chi connectivity index (χ0) is 20.5. The smallest absolute Gasteiger partial charge is 0.143 e. The van der Waals surface area contributed by atoms with Crippen molar-refractivity contribution in [3.63, 3.8) is 0 Å². The van der Waals surface area contributed by atoms with E-state index in [1.165, 1.54) is 0 Å². The summed E-state index contributed by atoms with van der Waals surface area (Å²) < 4.78 is 12.6. The molecule has 0 spiro atoms. The van der Waals surface area contributed by atoms with Gasteiger partial charge in [-0.1, -0.05) is 60.7 Å². The average molecular weight is 399 g/mol. The van der Waals surface area contributed by atoms with Crippen LogP contribution in [0.15, 0.2) is 99.8 Å². The van der Waals surface area contributed by atoms with Crippen LogP contribution >= 0.6 is 0 Å². The predicted octanol–water partition coefficient (Wildman–Crippen LogP) is 7.89. The summed E-state index contributed by atoms with van der Waals surface area (Å²) in [5.41, 5.74) is 12.6. The molecule has 0 aliphatic carbocycles. The SMILES string of the molecule is Nc1ccccc1-c1cc2ccc3oc4ccccc4c3c2c2c1oc1ccccc12. The van der Waals surface area contributed by atoms with Gasteiger partial charge in [-0.2, -0.15) is 0 Å². The molecule has 0 saturated heterocycles. The van der Waals surface area contributed by atoms with Gasteiger partial charge in [0.1, 0.15) is 22.3 Å². The van der Waals surface area contributed by atoms with Gasteiger partial charge in [0.05, 0.1) is 0 Å². The number of nitrogen functional groups attached to an aromatic ring is 1. The van der Waals surface area contributed by atoms with E-state index in [-0.39, 0.29) is 0 Å². The number of fused-ring (bicyclic) bond motifs is 9. The van der Waals surface area contributed by atoms with Gasteiger partial charge in [0.25, 0.3) is 0 Å². The largest absolute Gasteiger partial charge is 0.456 e. The van der Waals surface area contributed by atoms with E-state index in [0.717, 1.165) is 71.5 Å². The van der Waals surface area contributed by atoms with Gasteiger partial charge in [0, 0.05) is 43.7 Å². The quantitative estimate of drug-likeness (QED) is 0.286. The summed E-state index contributed by atoms with van der Waals surface area (Å²) in [6, 6.07) is 30.7. The van der Waals surface area contributed by atoms with Gasteiger partial charge in [-0.15, -0.1) is 0 Å². The van der Waals surface area contributed by atoms with Crippen molar-refractivity contribution < 1.29 is 8.83 Å². The van der Waals surface area contributed by atoms with Crippen molar-refractivity contribution in [2.75, 3.05) is 5.73 Å². The van der Waals surface area contributed by atoms with Crippen LogP contribution < -0.4 is 5.73 Å². The van der Waals surface area contributed by atoms with Gasteiger partial charge in [-0.25, -0.2) is 0 Å². The van der Waals surface area contributed by atoms with E-state index in [4.69, 9.17) is 14.6 Å². The van der Waals surface area contributed by atoms with Crippen LogP contribution in [0, 0.1) is 0 Å². The third-order valence-corrected chi connectivity index (χ3v) is 6.22. The number of anilines is 1. The highest BCUT2D eigenvalue weighted by molar-refractivity contribution is 6.32. The van der Waals surface area contributed by atoms with Gasteiger partial charge in [-0.05, 0) is 35.7 Å². The molecule has 5 aromatic carbocycles. The maximum atomic E-state index is 6.45. The Hall–Kier alpha value is -4.24. The Morgan fingerprint density at radius 1 is 0.516 bits per heavy atom. The van der Waals surface area contributed by atoms with E-state index in [0.29, 0.717) is 0 Å². The Kier molecular flexibility index (Phi) is 3.15. The van der Waals surface area contributed by atoms with Crippen LogP contribution in [-0.2, 0) is 0 Å². The molecule has 146 valence electrons. The topological polar surface area (TPSA) is 52.3 Å². The van der Waals surface area contributed by atoms with Gasteiger partial charge in [0.15, 0.2) is 0 Å². The van der Waals surface area contributed by atoms with Gasteiger partial charge in [-0.3, -0.25) is 0 Å². The maximum Gasteiger partial charge on any atom is 0.143 e. The molecule has 0 aliphatic heterocycles. The van der Waals surface area contributed by atoms with E-state index in [1.807, 2.05) is 42.5 Å². The monoisotopic (exact) mass is 399 g/mol. The molecule has 0 aliphatic rings. The molecule has 2 aromatic heterocycles. The van der Waals surface area contributed by atoms with Crippen LogP contribution in [0.3, 0.4) is 0 Å². The Labute approximate surface area is 177 Å². The zero-order valence-electron chi connectivity index (χ0n) is 16.6. The van der Waals surface area contributed by atoms with Crippen molar-refractivity contribution >= 4 is 60.3 Å². The number of hydrogen-bond donors (Lipinski definition) is 1. The number of nitrogens with two attached hydrogens (primary N) is 1. The lowest BCUT2D eigenvalue weighted by molar-refractivity contribution is 0.669. The molecule has 0 atom stereocenters. The molecule has 2 heterocycles. The van der Waals surface area contributed by atoms with Crippen molar-refractivity contribution in [2.45, 2.75) is 0 Å². The molecule has 2 N–H and O–H groups in total. The summed E-state index contributed by atoms with van der Waals surface area (Å²) in [7, 11) is 0. The van der Waals surface area contributed by atoms with Crippen molar-refractivity contribution in [2.24, 2.45) is 0 Å². The molecule has 0 radical (unpaired) electrons. The highest BCUT2D eigenvalue weighted by Gasteiger charge is 2.20. The fraction of sp³-hybridized carbons (Fsp3) is 0. The molecular weight excluding hydrogens is 382 g/mol. The highest BCUT2D eigenvalue weighted by atomic mass is 16.3. The maximum absolute atomic E-state index is 6.45. The van der Waals surface area contributed by atoms with E-state index in [2.05, 4.69) is 48.5 Å². The molecule has 0 amide bonds. The standard InChI is InChI=1S/C28H17NO2/c29-21-10-4-1-7-17(21)20-15-16-13-14-24-26(18-8-2-5-11-22(18)30-24)25(16)27-19-9-3-6-12-23(19)31-28(20)27/h1-15H,29H2. The minimum Gasteiger partial charge on any atom is -0.456 e. The predicted molar refractivity (Wildman–Crippen MR) is 128 cm³/mol.